The Morgan fingerprint density at radius 3 is 2.71 bits per heavy atom. The van der Waals surface area contributed by atoms with Gasteiger partial charge in [-0.05, 0) is 63.8 Å². The lowest BCUT2D eigenvalue weighted by Crippen LogP contribution is -2.34. The average Bonchev–Trinajstić information content (AvgIpc) is 2.37. The van der Waals surface area contributed by atoms with Crippen molar-refractivity contribution in [2.24, 2.45) is 5.73 Å². The van der Waals surface area contributed by atoms with Gasteiger partial charge in [-0.15, -0.1) is 0 Å². The van der Waals surface area contributed by atoms with E-state index in [9.17, 15) is 0 Å². The van der Waals surface area contributed by atoms with Crippen LogP contribution in [0.2, 0.25) is 0 Å². The monoisotopic (exact) mass is 232 g/mol. The van der Waals surface area contributed by atoms with Crippen molar-refractivity contribution in [1.82, 2.24) is 4.90 Å². The maximum atomic E-state index is 5.55. The van der Waals surface area contributed by atoms with Crippen molar-refractivity contribution in [3.05, 3.63) is 35.4 Å². The minimum absolute atomic E-state index is 0.768. The van der Waals surface area contributed by atoms with Crippen molar-refractivity contribution in [3.8, 4) is 0 Å². The molecule has 0 unspecified atom stereocenters. The molecular formula is C15H24N2. The summed E-state index contributed by atoms with van der Waals surface area (Å²) in [4.78, 5) is 2.55. The van der Waals surface area contributed by atoms with Crippen LogP contribution in [0.3, 0.4) is 0 Å². The summed E-state index contributed by atoms with van der Waals surface area (Å²) in [5, 5.41) is 0. The molecule has 2 rings (SSSR count). The Hall–Kier alpha value is -0.860. The van der Waals surface area contributed by atoms with E-state index in [1.807, 2.05) is 0 Å². The smallest absolute Gasteiger partial charge is 0.000671 e. The van der Waals surface area contributed by atoms with Gasteiger partial charge in [0.2, 0.25) is 0 Å². The fourth-order valence-corrected chi connectivity index (χ4v) is 2.73. The van der Waals surface area contributed by atoms with E-state index in [-0.39, 0.29) is 0 Å². The lowest BCUT2D eigenvalue weighted by molar-refractivity contribution is 0.211. The predicted octanol–water partition coefficient (Wildman–Crippen LogP) is 2.52. The van der Waals surface area contributed by atoms with E-state index in [1.165, 1.54) is 43.6 Å². The fraction of sp³-hybridized carbons (Fsp3) is 0.600. The summed E-state index contributed by atoms with van der Waals surface area (Å²) < 4.78 is 0. The molecule has 0 radical (unpaired) electrons. The Morgan fingerprint density at radius 1 is 1.29 bits per heavy atom. The van der Waals surface area contributed by atoms with Crippen LogP contribution in [0, 0.1) is 6.92 Å². The third-order valence-electron chi connectivity index (χ3n) is 3.78. The van der Waals surface area contributed by atoms with Crippen LogP contribution in [-0.4, -0.2) is 31.1 Å². The zero-order valence-corrected chi connectivity index (χ0v) is 10.9. The van der Waals surface area contributed by atoms with E-state index < -0.39 is 0 Å². The second-order valence-corrected chi connectivity index (χ2v) is 5.17. The molecule has 17 heavy (non-hydrogen) atoms. The number of aryl methyl sites for hydroxylation is 1. The fourth-order valence-electron chi connectivity index (χ4n) is 2.73. The Morgan fingerprint density at radius 2 is 2.06 bits per heavy atom. The number of piperidine rings is 1. The van der Waals surface area contributed by atoms with Crippen molar-refractivity contribution in [1.29, 1.82) is 0 Å². The quantitative estimate of drug-likeness (QED) is 0.864. The number of likely N-dealkylation sites (tertiary alicyclic amines) is 1. The van der Waals surface area contributed by atoms with Crippen molar-refractivity contribution in [2.45, 2.75) is 32.1 Å². The second-order valence-electron chi connectivity index (χ2n) is 5.17. The van der Waals surface area contributed by atoms with Crippen molar-refractivity contribution in [3.63, 3.8) is 0 Å². The zero-order chi connectivity index (χ0) is 12.1. The van der Waals surface area contributed by atoms with E-state index in [2.05, 4.69) is 36.1 Å². The van der Waals surface area contributed by atoms with Crippen LogP contribution < -0.4 is 5.73 Å². The molecule has 1 heterocycles. The predicted molar refractivity (Wildman–Crippen MR) is 73.3 cm³/mol. The van der Waals surface area contributed by atoms with Crippen LogP contribution in [0.4, 0.5) is 0 Å². The molecule has 0 aromatic heterocycles. The van der Waals surface area contributed by atoms with Gasteiger partial charge in [0.1, 0.15) is 0 Å². The normalized spacial score (nSPS) is 18.5. The van der Waals surface area contributed by atoms with Gasteiger partial charge in [-0.25, -0.2) is 0 Å². The maximum absolute atomic E-state index is 5.55. The van der Waals surface area contributed by atoms with Crippen LogP contribution in [0.1, 0.15) is 36.3 Å². The van der Waals surface area contributed by atoms with Crippen molar-refractivity contribution in [2.75, 3.05) is 26.2 Å². The zero-order valence-electron chi connectivity index (χ0n) is 10.9. The van der Waals surface area contributed by atoms with Crippen LogP contribution in [0.5, 0.6) is 0 Å². The molecule has 1 aromatic carbocycles. The summed E-state index contributed by atoms with van der Waals surface area (Å²) in [5.74, 6) is 0.768. The van der Waals surface area contributed by atoms with E-state index in [1.54, 1.807) is 0 Å². The number of hydrogen-bond acceptors (Lipinski definition) is 2. The number of nitrogens with zero attached hydrogens (tertiary/aromatic N) is 1. The van der Waals surface area contributed by atoms with Crippen LogP contribution in [-0.2, 0) is 0 Å². The molecule has 2 nitrogen and oxygen atoms in total. The highest BCUT2D eigenvalue weighted by molar-refractivity contribution is 5.25. The first-order chi connectivity index (χ1) is 8.29. The Kier molecular flexibility index (Phi) is 4.57. The van der Waals surface area contributed by atoms with Crippen LogP contribution >= 0.6 is 0 Å². The molecule has 2 heteroatoms. The molecule has 94 valence electrons. The van der Waals surface area contributed by atoms with E-state index in [0.29, 0.717) is 0 Å². The van der Waals surface area contributed by atoms with Gasteiger partial charge < -0.3 is 10.6 Å². The summed E-state index contributed by atoms with van der Waals surface area (Å²) in [6.45, 7) is 6.64. The lowest BCUT2D eigenvalue weighted by atomic mass is 9.88. The van der Waals surface area contributed by atoms with Gasteiger partial charge in [-0.3, -0.25) is 0 Å². The molecule has 1 fully saturated rings. The lowest BCUT2D eigenvalue weighted by Gasteiger charge is -2.32. The average molecular weight is 232 g/mol. The molecule has 1 aliphatic heterocycles. The largest absolute Gasteiger partial charge is 0.330 e. The molecule has 1 aromatic rings. The molecule has 0 aliphatic carbocycles. The third kappa shape index (κ3) is 3.55. The highest BCUT2D eigenvalue weighted by Gasteiger charge is 2.19. The molecule has 0 bridgehead atoms. The topological polar surface area (TPSA) is 29.3 Å². The van der Waals surface area contributed by atoms with Gasteiger partial charge in [0, 0.05) is 0 Å². The van der Waals surface area contributed by atoms with Crippen molar-refractivity contribution < 1.29 is 0 Å². The highest BCUT2D eigenvalue weighted by Crippen LogP contribution is 2.28. The summed E-state index contributed by atoms with van der Waals surface area (Å²) >= 11 is 0. The summed E-state index contributed by atoms with van der Waals surface area (Å²) in [7, 11) is 0. The number of nitrogens with two attached hydrogens (primary N) is 1. The molecule has 1 aliphatic rings. The Bertz CT molecular complexity index is 341. The van der Waals surface area contributed by atoms with Crippen LogP contribution in [0.25, 0.3) is 0 Å². The summed E-state index contributed by atoms with van der Waals surface area (Å²) in [5.41, 5.74) is 8.47. The summed E-state index contributed by atoms with van der Waals surface area (Å²) in [6.07, 6.45) is 3.73. The first-order valence-electron chi connectivity index (χ1n) is 6.78. The van der Waals surface area contributed by atoms with Crippen molar-refractivity contribution >= 4 is 0 Å². The minimum atomic E-state index is 0.768. The third-order valence-corrected chi connectivity index (χ3v) is 3.78. The molecule has 2 N–H and O–H groups in total. The number of benzene rings is 1. The SMILES string of the molecule is Cc1cccc(C2CCN(CCCN)CC2)c1. The van der Waals surface area contributed by atoms with Gasteiger partial charge in [0.15, 0.2) is 0 Å². The minimum Gasteiger partial charge on any atom is -0.330 e. The van der Waals surface area contributed by atoms with E-state index >= 15 is 0 Å². The Balaban J connectivity index is 1.86. The van der Waals surface area contributed by atoms with E-state index in [0.717, 1.165) is 18.9 Å². The second kappa shape index (κ2) is 6.18. The molecular weight excluding hydrogens is 208 g/mol. The van der Waals surface area contributed by atoms with Gasteiger partial charge in [-0.2, -0.15) is 0 Å². The molecule has 1 saturated heterocycles. The first kappa shape index (κ1) is 12.6. The van der Waals surface area contributed by atoms with Gasteiger partial charge in [0.25, 0.3) is 0 Å². The Labute approximate surface area is 105 Å². The van der Waals surface area contributed by atoms with Gasteiger partial charge in [0.05, 0.1) is 0 Å². The van der Waals surface area contributed by atoms with Gasteiger partial charge in [-0.1, -0.05) is 29.8 Å². The standard InChI is InChI=1S/C15H24N2/c1-13-4-2-5-15(12-13)14-6-10-17(11-7-14)9-3-8-16/h2,4-5,12,14H,3,6-11,16H2,1H3. The molecule has 0 amide bonds. The molecule has 0 saturated carbocycles. The first-order valence-corrected chi connectivity index (χ1v) is 6.78. The number of hydrogen-bond donors (Lipinski definition) is 1. The maximum Gasteiger partial charge on any atom is -0.000671 e. The van der Waals surface area contributed by atoms with Crippen LogP contribution in [0.15, 0.2) is 24.3 Å². The summed E-state index contributed by atoms with van der Waals surface area (Å²) in [6, 6.07) is 9.00. The highest BCUT2D eigenvalue weighted by atomic mass is 15.1. The molecule has 0 spiro atoms. The number of rotatable bonds is 4. The van der Waals surface area contributed by atoms with E-state index in [4.69, 9.17) is 5.73 Å². The van der Waals surface area contributed by atoms with Gasteiger partial charge >= 0.3 is 0 Å². The molecule has 0 atom stereocenters.